The molecule has 4 heteroatoms. The van der Waals surface area contributed by atoms with Crippen LogP contribution in [0.3, 0.4) is 0 Å². The van der Waals surface area contributed by atoms with Crippen LogP contribution in [0.1, 0.15) is 33.6 Å². The molecule has 0 bridgehead atoms. The molecule has 15 heavy (non-hydrogen) atoms. The second-order valence-corrected chi connectivity index (χ2v) is 5.33. The van der Waals surface area contributed by atoms with Gasteiger partial charge in [0.05, 0.1) is 6.07 Å². The predicted molar refractivity (Wildman–Crippen MR) is 54.0 cm³/mol. The van der Waals surface area contributed by atoms with Gasteiger partial charge in [0.25, 0.3) is 0 Å². The van der Waals surface area contributed by atoms with Gasteiger partial charge in [-0.2, -0.15) is 5.26 Å². The van der Waals surface area contributed by atoms with E-state index in [4.69, 9.17) is 10.00 Å². The zero-order valence-electron chi connectivity index (χ0n) is 9.36. The quantitative estimate of drug-likeness (QED) is 0.611. The first kappa shape index (κ1) is 10.3. The number of ether oxygens (including phenoxy) is 1. The Bertz CT molecular complexity index is 326. The van der Waals surface area contributed by atoms with Gasteiger partial charge in [-0.15, -0.1) is 0 Å². The highest BCUT2D eigenvalue weighted by Crippen LogP contribution is 2.48. The van der Waals surface area contributed by atoms with Crippen molar-refractivity contribution in [2.75, 3.05) is 0 Å². The lowest BCUT2D eigenvalue weighted by Gasteiger charge is -2.27. The van der Waals surface area contributed by atoms with E-state index in [1.165, 1.54) is 0 Å². The summed E-state index contributed by atoms with van der Waals surface area (Å²) < 4.78 is 5.29. The summed E-state index contributed by atoms with van der Waals surface area (Å²) in [6.07, 6.45) is 1.52. The van der Waals surface area contributed by atoms with Crippen molar-refractivity contribution in [1.82, 2.24) is 4.90 Å². The number of nitriles is 1. The van der Waals surface area contributed by atoms with Crippen LogP contribution in [0.5, 0.6) is 0 Å². The maximum atomic E-state index is 11.8. The molecule has 2 aliphatic rings. The molecule has 1 saturated carbocycles. The molecule has 0 radical (unpaired) electrons. The number of carbonyl (C=O) groups excluding carboxylic acids is 1. The third-order valence-electron chi connectivity index (χ3n) is 2.86. The molecule has 0 aromatic rings. The Morgan fingerprint density at radius 2 is 2.13 bits per heavy atom. The number of hydrogen-bond acceptors (Lipinski definition) is 3. The van der Waals surface area contributed by atoms with Crippen molar-refractivity contribution in [3.63, 3.8) is 0 Å². The lowest BCUT2D eigenvalue weighted by molar-refractivity contribution is 0.0223. The number of carbonyl (C=O) groups is 1. The molecule has 1 amide bonds. The molecule has 1 heterocycles. The van der Waals surface area contributed by atoms with Crippen LogP contribution >= 0.6 is 0 Å². The molecule has 0 aromatic heterocycles. The van der Waals surface area contributed by atoms with Crippen molar-refractivity contribution in [2.45, 2.75) is 51.3 Å². The van der Waals surface area contributed by atoms with E-state index in [1.54, 1.807) is 4.90 Å². The number of likely N-dealkylation sites (tertiary alicyclic amines) is 1. The number of piperidine rings is 1. The van der Waals surface area contributed by atoms with Crippen molar-refractivity contribution < 1.29 is 9.53 Å². The highest BCUT2D eigenvalue weighted by molar-refractivity contribution is 5.70. The molecule has 1 saturated heterocycles. The van der Waals surface area contributed by atoms with E-state index >= 15 is 0 Å². The van der Waals surface area contributed by atoms with Crippen molar-refractivity contribution >= 4 is 6.09 Å². The Labute approximate surface area is 89.8 Å². The summed E-state index contributed by atoms with van der Waals surface area (Å²) in [6, 6.07) is 2.16. The van der Waals surface area contributed by atoms with Gasteiger partial charge >= 0.3 is 6.09 Å². The topological polar surface area (TPSA) is 53.3 Å². The van der Waals surface area contributed by atoms with E-state index in [0.29, 0.717) is 5.92 Å². The molecule has 3 atom stereocenters. The minimum Gasteiger partial charge on any atom is -0.444 e. The smallest absolute Gasteiger partial charge is 0.411 e. The Balaban J connectivity index is 2.04. The summed E-state index contributed by atoms with van der Waals surface area (Å²) in [6.45, 7) is 5.52. The van der Waals surface area contributed by atoms with Crippen LogP contribution in [0.2, 0.25) is 0 Å². The number of amides is 1. The average molecular weight is 208 g/mol. The Hall–Kier alpha value is -1.24. The van der Waals surface area contributed by atoms with Crippen LogP contribution in [0.4, 0.5) is 4.79 Å². The number of fused-ring (bicyclic) bond motifs is 1. The maximum absolute atomic E-state index is 11.8. The highest BCUT2D eigenvalue weighted by atomic mass is 16.6. The number of rotatable bonds is 0. The lowest BCUT2D eigenvalue weighted by Crippen LogP contribution is -2.41. The largest absolute Gasteiger partial charge is 0.444 e. The van der Waals surface area contributed by atoms with E-state index in [2.05, 4.69) is 6.07 Å². The maximum Gasteiger partial charge on any atom is 0.411 e. The minimum absolute atomic E-state index is 0.268. The van der Waals surface area contributed by atoms with Gasteiger partial charge in [0.1, 0.15) is 11.6 Å². The van der Waals surface area contributed by atoms with E-state index in [9.17, 15) is 4.79 Å². The second kappa shape index (κ2) is 3.13. The first-order valence-electron chi connectivity index (χ1n) is 5.33. The van der Waals surface area contributed by atoms with Gasteiger partial charge in [0.2, 0.25) is 0 Å². The van der Waals surface area contributed by atoms with E-state index < -0.39 is 5.60 Å². The third-order valence-corrected chi connectivity index (χ3v) is 2.86. The molecule has 1 aliphatic carbocycles. The van der Waals surface area contributed by atoms with E-state index in [0.717, 1.165) is 12.8 Å². The van der Waals surface area contributed by atoms with Crippen LogP contribution < -0.4 is 0 Å². The zero-order chi connectivity index (χ0) is 11.2. The molecular formula is C11H16N2O2. The predicted octanol–water partition coefficient (Wildman–Crippen LogP) is 1.91. The summed E-state index contributed by atoms with van der Waals surface area (Å²) in [5, 5.41) is 8.92. The van der Waals surface area contributed by atoms with Gasteiger partial charge in [-0.3, -0.25) is 4.90 Å². The van der Waals surface area contributed by atoms with Crippen LogP contribution in [-0.4, -0.2) is 28.7 Å². The molecule has 2 rings (SSSR count). The molecule has 0 aromatic carbocycles. The molecule has 2 fully saturated rings. The second-order valence-electron chi connectivity index (χ2n) is 5.33. The minimum atomic E-state index is -0.482. The number of nitrogens with zero attached hydrogens (tertiary/aromatic N) is 2. The summed E-state index contributed by atoms with van der Waals surface area (Å²) in [5.41, 5.74) is -0.482. The Morgan fingerprint density at radius 3 is 2.67 bits per heavy atom. The van der Waals surface area contributed by atoms with Crippen LogP contribution in [-0.2, 0) is 4.74 Å². The van der Waals surface area contributed by atoms with Crippen molar-refractivity contribution in [1.29, 1.82) is 5.26 Å². The van der Waals surface area contributed by atoms with Crippen molar-refractivity contribution in [3.05, 3.63) is 0 Å². The van der Waals surface area contributed by atoms with Crippen LogP contribution in [0.25, 0.3) is 0 Å². The van der Waals surface area contributed by atoms with Crippen LogP contribution in [0.15, 0.2) is 0 Å². The molecule has 1 unspecified atom stereocenters. The van der Waals surface area contributed by atoms with Gasteiger partial charge in [-0.1, -0.05) is 0 Å². The molecule has 4 nitrogen and oxygen atoms in total. The fraction of sp³-hybridized carbons (Fsp3) is 0.818. The van der Waals surface area contributed by atoms with Gasteiger partial charge in [-0.05, 0) is 39.5 Å². The highest BCUT2D eigenvalue weighted by Gasteiger charge is 2.55. The van der Waals surface area contributed by atoms with Gasteiger partial charge < -0.3 is 4.74 Å². The fourth-order valence-electron chi connectivity index (χ4n) is 2.15. The zero-order valence-corrected chi connectivity index (χ0v) is 9.36. The first-order chi connectivity index (χ1) is 6.92. The Kier molecular flexibility index (Phi) is 2.14. The fourth-order valence-corrected chi connectivity index (χ4v) is 2.15. The monoisotopic (exact) mass is 208 g/mol. The van der Waals surface area contributed by atoms with Gasteiger partial charge in [0.15, 0.2) is 0 Å². The number of hydrogen-bond donors (Lipinski definition) is 0. The SMILES string of the molecule is CC(C)(C)OC(=O)N1[C@@H]2CC2C[C@@H]1C#N. The Morgan fingerprint density at radius 1 is 1.47 bits per heavy atom. The van der Waals surface area contributed by atoms with Gasteiger partial charge in [-0.25, -0.2) is 4.79 Å². The van der Waals surface area contributed by atoms with Gasteiger partial charge in [0, 0.05) is 6.04 Å². The molecule has 0 spiro atoms. The normalized spacial score (nSPS) is 33.2. The summed E-state index contributed by atoms with van der Waals surface area (Å²) in [4.78, 5) is 13.4. The van der Waals surface area contributed by atoms with E-state index in [-0.39, 0.29) is 18.2 Å². The lowest BCUT2D eigenvalue weighted by atomic mass is 10.2. The standard InChI is InChI=1S/C11H16N2O2/c1-11(2,3)15-10(14)13-8(6-12)4-7-5-9(7)13/h7-9H,4-5H2,1-3H3/t7?,8-,9-/m1/s1. The summed E-state index contributed by atoms with van der Waals surface area (Å²) in [5.74, 6) is 0.544. The van der Waals surface area contributed by atoms with E-state index in [1.807, 2.05) is 20.8 Å². The molecule has 1 aliphatic heterocycles. The van der Waals surface area contributed by atoms with Crippen molar-refractivity contribution in [2.24, 2.45) is 5.92 Å². The summed E-state index contributed by atoms with van der Waals surface area (Å²) in [7, 11) is 0. The molecule has 0 N–H and O–H groups in total. The van der Waals surface area contributed by atoms with Crippen LogP contribution in [0, 0.1) is 17.2 Å². The van der Waals surface area contributed by atoms with Crippen molar-refractivity contribution in [3.8, 4) is 6.07 Å². The molecule has 82 valence electrons. The molecular weight excluding hydrogens is 192 g/mol. The summed E-state index contributed by atoms with van der Waals surface area (Å²) >= 11 is 0. The third kappa shape index (κ3) is 1.92. The first-order valence-corrected chi connectivity index (χ1v) is 5.33. The average Bonchev–Trinajstić information content (AvgIpc) is 2.73.